The van der Waals surface area contributed by atoms with Crippen molar-refractivity contribution in [3.05, 3.63) is 175 Å². The molecule has 0 atom stereocenters. The van der Waals surface area contributed by atoms with Gasteiger partial charge in [0.15, 0.2) is 0 Å². The monoisotopic (exact) mass is 778 g/mol. The molecule has 0 saturated heterocycles. The first-order valence-corrected chi connectivity index (χ1v) is 18.7. The molecule has 0 aliphatic carbocycles. The average molecular weight is 779 g/mol. The average Bonchev–Trinajstić information content (AvgIpc) is 3.60. The number of hydrogen-bond acceptors (Lipinski definition) is 10. The fourth-order valence-corrected chi connectivity index (χ4v) is 8.82. The zero-order valence-corrected chi connectivity index (χ0v) is 30.6. The minimum Gasteiger partial charge on any atom is -0.268 e. The van der Waals surface area contributed by atoms with E-state index in [1.165, 1.54) is 98.8 Å². The maximum Gasteiger partial charge on any atom is 0.269 e. The van der Waals surface area contributed by atoms with Crippen molar-refractivity contribution < 1.29 is 37.4 Å². The predicted octanol–water partition coefficient (Wildman–Crippen LogP) is 7.89. The molecule has 6 aromatic carbocycles. The van der Waals surface area contributed by atoms with Crippen LogP contribution >= 0.6 is 0 Å². The van der Waals surface area contributed by atoms with Gasteiger partial charge < -0.3 is 0 Å². The topological polar surface area (TPSA) is 195 Å². The minimum atomic E-state index is -4.19. The maximum absolute atomic E-state index is 14.0. The summed E-state index contributed by atoms with van der Waals surface area (Å²) in [6.07, 6.45) is 0. The van der Waals surface area contributed by atoms with Crippen LogP contribution in [0.4, 0.5) is 22.7 Å². The molecule has 0 spiro atoms. The fourth-order valence-electron chi connectivity index (χ4n) is 7.13. The third-order valence-electron chi connectivity index (χ3n) is 10.0. The standard InChI is InChI=1S/C42H26N4O10S/c1-23-19-31(43-39(47)33-15-7-27(21-35(33)41(43)49)25-3-9-29(10-4-25)45(51)52)13-17-37(23)57(55,56)38-18-14-32(20-24(38)2)44-40(48)34-16-8-28(22-36(34)42(44)50)26-5-11-30(12-6-26)46(53)54/h3-22H,1-2H3. The highest BCUT2D eigenvalue weighted by atomic mass is 32.2. The number of amides is 4. The van der Waals surface area contributed by atoms with E-state index in [-0.39, 0.29) is 65.9 Å². The quantitative estimate of drug-likeness (QED) is 0.0833. The van der Waals surface area contributed by atoms with Crippen molar-refractivity contribution in [3.8, 4) is 22.3 Å². The van der Waals surface area contributed by atoms with E-state index < -0.39 is 43.3 Å². The summed E-state index contributed by atoms with van der Waals surface area (Å²) in [6.45, 7) is 3.07. The van der Waals surface area contributed by atoms with Crippen molar-refractivity contribution >= 4 is 56.2 Å². The van der Waals surface area contributed by atoms with Crippen LogP contribution in [0, 0.1) is 34.1 Å². The van der Waals surface area contributed by atoms with E-state index in [2.05, 4.69) is 0 Å². The maximum atomic E-state index is 14.0. The molecule has 0 bridgehead atoms. The molecule has 0 saturated carbocycles. The number of carbonyl (C=O) groups excluding carboxylic acids is 4. The molecule has 15 heteroatoms. The minimum absolute atomic E-state index is 0.0846. The lowest BCUT2D eigenvalue weighted by molar-refractivity contribution is -0.385. The summed E-state index contributed by atoms with van der Waals surface area (Å²) in [5.41, 5.74) is 3.55. The van der Waals surface area contributed by atoms with E-state index in [0.717, 1.165) is 9.80 Å². The van der Waals surface area contributed by atoms with Gasteiger partial charge in [-0.2, -0.15) is 0 Å². The van der Waals surface area contributed by atoms with E-state index in [1.807, 2.05) is 0 Å². The number of sulfone groups is 1. The van der Waals surface area contributed by atoms with Gasteiger partial charge in [-0.3, -0.25) is 39.4 Å². The molecule has 2 aliphatic heterocycles. The highest BCUT2D eigenvalue weighted by Gasteiger charge is 2.39. The van der Waals surface area contributed by atoms with Gasteiger partial charge >= 0.3 is 0 Å². The number of anilines is 2. The first kappa shape index (κ1) is 36.3. The van der Waals surface area contributed by atoms with Crippen LogP contribution in [0.25, 0.3) is 22.3 Å². The van der Waals surface area contributed by atoms with Crippen molar-refractivity contribution in [1.29, 1.82) is 0 Å². The Morgan fingerprint density at radius 3 is 1.11 bits per heavy atom. The van der Waals surface area contributed by atoms with E-state index in [0.29, 0.717) is 22.3 Å². The third-order valence-corrected chi connectivity index (χ3v) is 12.1. The Morgan fingerprint density at radius 1 is 0.439 bits per heavy atom. The number of hydrogen-bond donors (Lipinski definition) is 0. The Morgan fingerprint density at radius 2 is 0.772 bits per heavy atom. The summed E-state index contributed by atoms with van der Waals surface area (Å²) in [4.78, 5) is 76.9. The Labute approximate surface area is 323 Å². The molecule has 2 aliphatic rings. The van der Waals surface area contributed by atoms with Crippen molar-refractivity contribution in [3.63, 3.8) is 0 Å². The normalized spacial score (nSPS) is 13.6. The Bertz CT molecular complexity index is 2730. The second kappa shape index (κ2) is 13.3. The Hall–Kier alpha value is -7.65. The summed E-state index contributed by atoms with van der Waals surface area (Å²) in [5, 5.41) is 22.1. The molecule has 0 fully saturated rings. The number of imide groups is 2. The highest BCUT2D eigenvalue weighted by molar-refractivity contribution is 7.91. The van der Waals surface area contributed by atoms with Gasteiger partial charge in [0.1, 0.15) is 0 Å². The van der Waals surface area contributed by atoms with Gasteiger partial charge in [-0.05, 0) is 132 Å². The zero-order valence-electron chi connectivity index (χ0n) is 29.8. The first-order chi connectivity index (χ1) is 27.1. The van der Waals surface area contributed by atoms with Crippen LogP contribution in [0.3, 0.4) is 0 Å². The molecular formula is C42H26N4O10S. The van der Waals surface area contributed by atoms with Crippen molar-refractivity contribution in [2.24, 2.45) is 0 Å². The second-order valence-electron chi connectivity index (χ2n) is 13.4. The SMILES string of the molecule is Cc1cc(N2C(=O)c3ccc(-c4ccc([N+](=O)[O-])cc4)cc3C2=O)ccc1S(=O)(=O)c1ccc(N2C(=O)c3ccc(-c4ccc([N+](=O)[O-])cc4)cc3C2=O)cc1C. The van der Waals surface area contributed by atoms with E-state index >= 15 is 0 Å². The lowest BCUT2D eigenvalue weighted by Gasteiger charge is -2.18. The number of rotatable bonds is 8. The molecule has 14 nitrogen and oxygen atoms in total. The molecule has 6 aromatic rings. The first-order valence-electron chi connectivity index (χ1n) is 17.2. The van der Waals surface area contributed by atoms with Crippen LogP contribution in [0.5, 0.6) is 0 Å². The number of non-ortho nitro benzene ring substituents is 2. The lowest BCUT2D eigenvalue weighted by atomic mass is 10.00. The lowest BCUT2D eigenvalue weighted by Crippen LogP contribution is -2.29. The Kier molecular flexibility index (Phi) is 8.46. The van der Waals surface area contributed by atoms with Gasteiger partial charge in [0.25, 0.3) is 35.0 Å². The van der Waals surface area contributed by atoms with Crippen molar-refractivity contribution in [2.75, 3.05) is 9.80 Å². The molecule has 2 heterocycles. The number of benzene rings is 6. The smallest absolute Gasteiger partial charge is 0.268 e. The van der Waals surface area contributed by atoms with Gasteiger partial charge in [0.2, 0.25) is 9.84 Å². The summed E-state index contributed by atoms with van der Waals surface area (Å²) in [6, 6.07) is 29.1. The van der Waals surface area contributed by atoms with Gasteiger partial charge in [-0.15, -0.1) is 0 Å². The fraction of sp³-hybridized carbons (Fsp3) is 0.0476. The molecule has 0 N–H and O–H groups in total. The second-order valence-corrected chi connectivity index (χ2v) is 15.3. The molecule has 4 amide bonds. The molecule has 8 rings (SSSR count). The number of nitro groups is 2. The van der Waals surface area contributed by atoms with Crippen LogP contribution < -0.4 is 9.80 Å². The van der Waals surface area contributed by atoms with Crippen LogP contribution in [-0.4, -0.2) is 41.9 Å². The molecule has 0 unspecified atom stereocenters. The molecule has 0 aromatic heterocycles. The van der Waals surface area contributed by atoms with Gasteiger partial charge in [-0.1, -0.05) is 12.1 Å². The number of carbonyl (C=O) groups is 4. The summed E-state index contributed by atoms with van der Waals surface area (Å²) in [5.74, 6) is -2.42. The van der Waals surface area contributed by atoms with Crippen molar-refractivity contribution in [2.45, 2.75) is 23.6 Å². The van der Waals surface area contributed by atoms with Crippen LogP contribution in [0.2, 0.25) is 0 Å². The summed E-state index contributed by atoms with van der Waals surface area (Å²) in [7, 11) is -4.19. The molecule has 57 heavy (non-hydrogen) atoms. The highest BCUT2D eigenvalue weighted by Crippen LogP contribution is 2.37. The van der Waals surface area contributed by atoms with Crippen LogP contribution in [0.1, 0.15) is 52.6 Å². The zero-order chi connectivity index (χ0) is 40.5. The number of nitro benzene ring substituents is 2. The van der Waals surface area contributed by atoms with E-state index in [4.69, 9.17) is 0 Å². The molecule has 0 radical (unpaired) electrons. The van der Waals surface area contributed by atoms with E-state index in [9.17, 15) is 47.8 Å². The Balaban J connectivity index is 1.03. The third kappa shape index (κ3) is 5.93. The largest absolute Gasteiger partial charge is 0.269 e. The molecular weight excluding hydrogens is 753 g/mol. The number of fused-ring (bicyclic) bond motifs is 2. The van der Waals surface area contributed by atoms with Crippen molar-refractivity contribution in [1.82, 2.24) is 0 Å². The van der Waals surface area contributed by atoms with Crippen LogP contribution in [-0.2, 0) is 9.84 Å². The number of nitrogens with zero attached hydrogens (tertiary/aromatic N) is 4. The van der Waals surface area contributed by atoms with Gasteiger partial charge in [0, 0.05) is 24.3 Å². The summed E-state index contributed by atoms with van der Waals surface area (Å²) >= 11 is 0. The van der Waals surface area contributed by atoms with Crippen LogP contribution in [0.15, 0.2) is 131 Å². The summed E-state index contributed by atoms with van der Waals surface area (Å²) < 4.78 is 28.1. The molecule has 280 valence electrons. The number of aryl methyl sites for hydroxylation is 2. The van der Waals surface area contributed by atoms with Gasteiger partial charge in [0.05, 0.1) is 53.3 Å². The van der Waals surface area contributed by atoms with Gasteiger partial charge in [-0.25, -0.2) is 18.2 Å². The predicted molar refractivity (Wildman–Crippen MR) is 207 cm³/mol. The van der Waals surface area contributed by atoms with E-state index in [1.54, 1.807) is 36.4 Å².